The molecule has 0 aliphatic carbocycles. The molecule has 1 atom stereocenters. The van der Waals surface area contributed by atoms with Crippen LogP contribution < -0.4 is 15.0 Å². The van der Waals surface area contributed by atoms with Crippen LogP contribution in [0.4, 0.5) is 0 Å². The van der Waals surface area contributed by atoms with Gasteiger partial charge >= 0.3 is 0 Å². The van der Waals surface area contributed by atoms with Crippen LogP contribution in [0.2, 0.25) is 10.0 Å². The topological polar surface area (TPSA) is 75.4 Å². The van der Waals surface area contributed by atoms with E-state index in [9.17, 15) is 9.59 Å². The lowest BCUT2D eigenvalue weighted by molar-refractivity contribution is 0.0777. The maximum absolute atomic E-state index is 12.9. The third-order valence-electron chi connectivity index (χ3n) is 5.06. The van der Waals surface area contributed by atoms with E-state index in [1.165, 1.54) is 6.20 Å². The van der Waals surface area contributed by atoms with Crippen LogP contribution in [0, 0.1) is 13.8 Å². The molecule has 156 valence electrons. The van der Waals surface area contributed by atoms with E-state index >= 15 is 0 Å². The molecule has 0 fully saturated rings. The smallest absolute Gasteiger partial charge is 0.287 e. The molecule has 2 aromatic heterocycles. The lowest BCUT2D eigenvalue weighted by Crippen LogP contribution is -2.33. The van der Waals surface area contributed by atoms with E-state index in [1.54, 1.807) is 6.07 Å². The normalized spacial score (nSPS) is 15.3. The van der Waals surface area contributed by atoms with Gasteiger partial charge in [-0.1, -0.05) is 35.3 Å². The van der Waals surface area contributed by atoms with Gasteiger partial charge in [-0.05, 0) is 32.0 Å². The van der Waals surface area contributed by atoms with Crippen molar-refractivity contribution in [1.29, 1.82) is 0 Å². The third kappa shape index (κ3) is 3.82. The molecule has 1 aliphatic heterocycles. The number of carbonyl (C=O) groups is 1. The Hall–Kier alpha value is -2.77. The fourth-order valence-electron chi connectivity index (χ4n) is 3.50. The van der Waals surface area contributed by atoms with Gasteiger partial charge in [-0.3, -0.25) is 9.59 Å². The number of ether oxygens (including phenoxy) is 2. The number of aryl methyl sites for hydroxylation is 1. The molecule has 0 amide bonds. The monoisotopic (exact) mass is 447 g/mol. The quantitative estimate of drug-likeness (QED) is 0.557. The van der Waals surface area contributed by atoms with Gasteiger partial charge in [0.05, 0.1) is 17.8 Å². The lowest BCUT2D eigenvalue weighted by atomic mass is 10.1. The number of Topliss-reactive ketones (excluding diaryl/α,β-unsaturated/α-hetero) is 1. The van der Waals surface area contributed by atoms with Gasteiger partial charge in [0.25, 0.3) is 5.56 Å². The van der Waals surface area contributed by atoms with E-state index in [0.717, 1.165) is 21.8 Å². The van der Waals surface area contributed by atoms with Gasteiger partial charge in [-0.15, -0.1) is 0 Å². The van der Waals surface area contributed by atoms with Crippen molar-refractivity contribution in [2.24, 2.45) is 0 Å². The van der Waals surface area contributed by atoms with Crippen LogP contribution in [0.15, 0.2) is 41.3 Å². The fraction of sp³-hybridized carbons (Fsp3) is 0.286. The van der Waals surface area contributed by atoms with Crippen LogP contribution in [0.5, 0.6) is 11.5 Å². The van der Waals surface area contributed by atoms with Crippen molar-refractivity contribution in [2.75, 3.05) is 6.61 Å². The molecule has 3 heterocycles. The average Bonchev–Trinajstić information content (AvgIpc) is 3.02. The minimum absolute atomic E-state index is 0.0554. The summed E-state index contributed by atoms with van der Waals surface area (Å²) in [7, 11) is 0. The molecule has 4 rings (SSSR count). The molecule has 1 aliphatic rings. The number of hydrogen-bond acceptors (Lipinski definition) is 5. The number of benzene rings is 1. The van der Waals surface area contributed by atoms with Crippen molar-refractivity contribution in [3.63, 3.8) is 0 Å². The summed E-state index contributed by atoms with van der Waals surface area (Å²) in [6.07, 6.45) is 1.06. The summed E-state index contributed by atoms with van der Waals surface area (Å²) >= 11 is 11.7. The van der Waals surface area contributed by atoms with Crippen molar-refractivity contribution in [1.82, 2.24) is 14.3 Å². The van der Waals surface area contributed by atoms with Crippen molar-refractivity contribution in [3.8, 4) is 11.5 Å². The predicted octanol–water partition coefficient (Wildman–Crippen LogP) is 3.69. The first-order chi connectivity index (χ1) is 14.3. The SMILES string of the molecule is Cc1cc(C(=O)Cn2ncc(Cl)c(Cl)c2=O)c(C)n1CC1COc2ccccc2O1. The molecule has 1 aromatic carbocycles. The second kappa shape index (κ2) is 8.16. The van der Waals surface area contributed by atoms with E-state index < -0.39 is 5.56 Å². The first-order valence-corrected chi connectivity index (χ1v) is 10.1. The van der Waals surface area contributed by atoms with Crippen molar-refractivity contribution in [2.45, 2.75) is 33.0 Å². The number of fused-ring (bicyclic) bond motifs is 1. The van der Waals surface area contributed by atoms with Gasteiger partial charge in [-0.25, -0.2) is 4.68 Å². The Morgan fingerprint density at radius 1 is 1.23 bits per heavy atom. The van der Waals surface area contributed by atoms with Gasteiger partial charge in [0.2, 0.25) is 0 Å². The molecule has 7 nitrogen and oxygen atoms in total. The van der Waals surface area contributed by atoms with Crippen molar-refractivity contribution in [3.05, 3.63) is 73.9 Å². The molecule has 3 aromatic rings. The van der Waals surface area contributed by atoms with E-state index in [2.05, 4.69) is 5.10 Å². The van der Waals surface area contributed by atoms with E-state index in [1.807, 2.05) is 42.7 Å². The molecule has 0 saturated carbocycles. The van der Waals surface area contributed by atoms with E-state index in [0.29, 0.717) is 24.5 Å². The number of para-hydroxylation sites is 2. The largest absolute Gasteiger partial charge is 0.486 e. The Balaban J connectivity index is 1.53. The Bertz CT molecular complexity index is 1190. The number of ketones is 1. The number of halogens is 2. The van der Waals surface area contributed by atoms with Gasteiger partial charge < -0.3 is 14.0 Å². The van der Waals surface area contributed by atoms with Crippen LogP contribution in [-0.4, -0.2) is 32.8 Å². The maximum Gasteiger partial charge on any atom is 0.287 e. The lowest BCUT2D eigenvalue weighted by Gasteiger charge is -2.27. The summed E-state index contributed by atoms with van der Waals surface area (Å²) in [5.74, 6) is 1.19. The molecule has 9 heteroatoms. The Morgan fingerprint density at radius 3 is 2.73 bits per heavy atom. The minimum atomic E-state index is -0.599. The number of aromatic nitrogens is 3. The first kappa shape index (κ1) is 20.5. The number of hydrogen-bond donors (Lipinski definition) is 0. The molecular formula is C21H19Cl2N3O4. The average molecular weight is 448 g/mol. The fourth-order valence-corrected chi connectivity index (χ4v) is 3.77. The highest BCUT2D eigenvalue weighted by Gasteiger charge is 2.24. The van der Waals surface area contributed by atoms with E-state index in [-0.39, 0.29) is 28.5 Å². The third-order valence-corrected chi connectivity index (χ3v) is 5.81. The standard InChI is InChI=1S/C21H19Cl2N3O4/c1-12-7-15(17(27)10-26-21(28)20(23)16(22)8-24-26)13(2)25(12)9-14-11-29-18-5-3-4-6-19(18)30-14/h3-8,14H,9-11H2,1-2H3. The maximum atomic E-state index is 12.9. The van der Waals surface area contributed by atoms with Crippen LogP contribution in [0.3, 0.4) is 0 Å². The zero-order valence-corrected chi connectivity index (χ0v) is 17.9. The van der Waals surface area contributed by atoms with Crippen LogP contribution in [0.1, 0.15) is 21.7 Å². The Labute approximate surface area is 182 Å². The van der Waals surface area contributed by atoms with Crippen LogP contribution in [0.25, 0.3) is 0 Å². The molecular weight excluding hydrogens is 429 g/mol. The zero-order valence-electron chi connectivity index (χ0n) is 16.4. The second-order valence-electron chi connectivity index (χ2n) is 7.09. The minimum Gasteiger partial charge on any atom is -0.486 e. The molecule has 0 N–H and O–H groups in total. The van der Waals surface area contributed by atoms with Crippen molar-refractivity contribution < 1.29 is 14.3 Å². The van der Waals surface area contributed by atoms with E-state index in [4.69, 9.17) is 32.7 Å². The van der Waals surface area contributed by atoms with Crippen LogP contribution >= 0.6 is 23.2 Å². The molecule has 0 bridgehead atoms. The highest BCUT2D eigenvalue weighted by atomic mass is 35.5. The van der Waals surface area contributed by atoms with Gasteiger partial charge in [0.1, 0.15) is 18.2 Å². The summed E-state index contributed by atoms with van der Waals surface area (Å²) in [5.41, 5.74) is 1.61. The Kier molecular flexibility index (Phi) is 5.58. The van der Waals surface area contributed by atoms with Gasteiger partial charge in [0, 0.05) is 17.0 Å². The number of carbonyl (C=O) groups excluding carboxylic acids is 1. The zero-order chi connectivity index (χ0) is 21.4. The van der Waals surface area contributed by atoms with Gasteiger partial charge in [0.15, 0.2) is 23.4 Å². The first-order valence-electron chi connectivity index (χ1n) is 9.34. The highest BCUT2D eigenvalue weighted by molar-refractivity contribution is 6.41. The number of rotatable bonds is 5. The summed E-state index contributed by atoms with van der Waals surface area (Å²) < 4.78 is 14.8. The number of nitrogens with zero attached hydrogens (tertiary/aromatic N) is 3. The molecule has 0 spiro atoms. The van der Waals surface area contributed by atoms with Crippen molar-refractivity contribution >= 4 is 29.0 Å². The Morgan fingerprint density at radius 2 is 1.97 bits per heavy atom. The molecule has 0 saturated heterocycles. The summed E-state index contributed by atoms with van der Waals surface area (Å²) in [4.78, 5) is 25.0. The summed E-state index contributed by atoms with van der Waals surface area (Å²) in [6.45, 7) is 4.51. The van der Waals surface area contributed by atoms with Gasteiger partial charge in [-0.2, -0.15) is 5.10 Å². The predicted molar refractivity (Wildman–Crippen MR) is 113 cm³/mol. The molecule has 0 radical (unpaired) electrons. The summed E-state index contributed by atoms with van der Waals surface area (Å²) in [6, 6.07) is 9.33. The van der Waals surface area contributed by atoms with Crippen LogP contribution in [-0.2, 0) is 13.1 Å². The molecule has 1 unspecified atom stereocenters. The highest BCUT2D eigenvalue weighted by Crippen LogP contribution is 2.31. The molecule has 30 heavy (non-hydrogen) atoms. The second-order valence-corrected chi connectivity index (χ2v) is 7.87. The summed E-state index contributed by atoms with van der Waals surface area (Å²) in [5, 5.41) is 3.80.